The van der Waals surface area contributed by atoms with Gasteiger partial charge in [0, 0.05) is 0 Å². The number of unbranched alkanes of at least 4 members (excludes halogenated alkanes) is 21. The first-order valence-electron chi connectivity index (χ1n) is 20.5. The number of aliphatic hydroxyl groups excluding tert-OH is 5. The fraction of sp³-hybridized carbons (Fsp3) is 0.974. The lowest BCUT2D eigenvalue weighted by molar-refractivity contribution is -0.298. The number of nitrogens with one attached hydrogen (secondary N) is 1. The molecule has 0 bridgehead atoms. The summed E-state index contributed by atoms with van der Waals surface area (Å²) in [6.07, 6.45) is 17.2. The molecule has 1 amide bonds. The largest absolute Gasteiger partial charge is 0.397 e. The van der Waals surface area contributed by atoms with Crippen LogP contribution in [0.15, 0.2) is 0 Å². The van der Waals surface area contributed by atoms with Crippen LogP contribution in [0.2, 0.25) is 0 Å². The van der Waals surface area contributed by atoms with E-state index in [1.165, 1.54) is 103 Å². The second kappa shape index (κ2) is 30.3. The predicted octanol–water partition coefficient (Wildman–Crippen LogP) is 5.63. The van der Waals surface area contributed by atoms with Crippen LogP contribution in [0.5, 0.6) is 0 Å². The highest BCUT2D eigenvalue weighted by molar-refractivity contribution is 7.80. The van der Waals surface area contributed by atoms with Gasteiger partial charge in [-0.25, -0.2) is 4.18 Å². The van der Waals surface area contributed by atoms with Crippen molar-refractivity contribution in [1.29, 1.82) is 0 Å². The van der Waals surface area contributed by atoms with E-state index in [1.807, 2.05) is 6.92 Å². The first-order chi connectivity index (χ1) is 24.9. The molecule has 0 spiro atoms. The van der Waals surface area contributed by atoms with Crippen molar-refractivity contribution in [3.8, 4) is 0 Å². The zero-order valence-corrected chi connectivity index (χ0v) is 33.1. The van der Waals surface area contributed by atoms with Gasteiger partial charge in [-0.2, -0.15) is 8.42 Å². The van der Waals surface area contributed by atoms with Gasteiger partial charge in [0.2, 0.25) is 5.91 Å². The van der Waals surface area contributed by atoms with E-state index in [2.05, 4.69) is 16.4 Å². The highest BCUT2D eigenvalue weighted by Crippen LogP contribution is 2.26. The summed E-state index contributed by atoms with van der Waals surface area (Å²) in [5, 5.41) is 54.4. The highest BCUT2D eigenvalue weighted by Gasteiger charge is 2.48. The molecule has 14 heteroatoms. The molecule has 1 fully saturated rings. The number of carbonyl (C=O) groups excluding carboxylic acids is 1. The number of hydrogen-bond donors (Lipinski definition) is 7. The molecule has 1 aliphatic rings. The predicted molar refractivity (Wildman–Crippen MR) is 201 cm³/mol. The fourth-order valence-corrected chi connectivity index (χ4v) is 7.21. The second-order valence-electron chi connectivity index (χ2n) is 14.7. The third-order valence-corrected chi connectivity index (χ3v) is 10.5. The van der Waals surface area contributed by atoms with E-state index < -0.39 is 78.5 Å². The molecular formula is C38H75NO12S. The standard InChI is InChI=1S/C38H75NO12S/c1-3-5-7-8-9-10-11-12-13-14-15-16-17-18-19-20-21-22-23-25-27-32(42)37(45)39-30(31(41)26-24-6-4-2)29-49-38-35(44)36(51-52(46,47)48)34(43)33(28-40)50-38/h30-36,38,40-44H,3-29H2,1-2H3,(H,39,45)(H,46,47,48). The monoisotopic (exact) mass is 770 g/mol. The molecule has 1 heterocycles. The zero-order chi connectivity index (χ0) is 38.6. The number of carbonyl (C=O) groups is 1. The quantitative estimate of drug-likeness (QED) is 0.0314. The lowest BCUT2D eigenvalue weighted by atomic mass is 9.99. The van der Waals surface area contributed by atoms with Crippen LogP contribution in [0, 0.1) is 0 Å². The molecule has 0 saturated carbocycles. The summed E-state index contributed by atoms with van der Waals surface area (Å²) in [6, 6.07) is -1.02. The van der Waals surface area contributed by atoms with Crippen LogP contribution in [0.3, 0.4) is 0 Å². The van der Waals surface area contributed by atoms with Crippen molar-refractivity contribution in [3.63, 3.8) is 0 Å². The van der Waals surface area contributed by atoms with Gasteiger partial charge in [-0.15, -0.1) is 0 Å². The smallest absolute Gasteiger partial charge is 0.394 e. The molecule has 13 nitrogen and oxygen atoms in total. The van der Waals surface area contributed by atoms with Crippen molar-refractivity contribution in [1.82, 2.24) is 5.32 Å². The van der Waals surface area contributed by atoms with E-state index in [0.29, 0.717) is 19.3 Å². The Labute approximate surface area is 314 Å². The maximum absolute atomic E-state index is 12.9. The van der Waals surface area contributed by atoms with Crippen LogP contribution >= 0.6 is 0 Å². The van der Waals surface area contributed by atoms with Crippen molar-refractivity contribution < 1.29 is 57.0 Å². The van der Waals surface area contributed by atoms with Gasteiger partial charge >= 0.3 is 10.4 Å². The summed E-state index contributed by atoms with van der Waals surface area (Å²) in [6.45, 7) is 3.06. The molecule has 1 saturated heterocycles. The molecule has 310 valence electrons. The fourth-order valence-electron chi connectivity index (χ4n) is 6.70. The SMILES string of the molecule is CCCCCCCCCCCCCCCCCCCCCCC(O)C(=O)NC(COC1OC(CO)C(O)C(OS(=O)(=O)O)C1O)C(O)CCCCC. The van der Waals surface area contributed by atoms with Crippen molar-refractivity contribution in [2.24, 2.45) is 0 Å². The Balaban J connectivity index is 2.33. The molecule has 1 aliphatic heterocycles. The summed E-state index contributed by atoms with van der Waals surface area (Å²) < 4.78 is 47.0. The molecule has 52 heavy (non-hydrogen) atoms. The topological polar surface area (TPSA) is 212 Å². The number of hydrogen-bond acceptors (Lipinski definition) is 11. The normalized spacial score (nSPS) is 22.7. The summed E-state index contributed by atoms with van der Waals surface area (Å²) in [4.78, 5) is 12.9. The van der Waals surface area contributed by atoms with Crippen molar-refractivity contribution in [2.45, 2.75) is 223 Å². The third-order valence-electron chi connectivity index (χ3n) is 10.0. The minimum atomic E-state index is -5.09. The number of aliphatic hydroxyl groups is 5. The first kappa shape index (κ1) is 49.1. The van der Waals surface area contributed by atoms with Gasteiger partial charge in [-0.3, -0.25) is 9.35 Å². The molecule has 0 aliphatic carbocycles. The summed E-state index contributed by atoms with van der Waals surface area (Å²) >= 11 is 0. The Bertz CT molecular complexity index is 974. The minimum absolute atomic E-state index is 0.263. The van der Waals surface area contributed by atoms with E-state index in [1.54, 1.807) is 0 Å². The molecule has 1 rings (SSSR count). The van der Waals surface area contributed by atoms with Crippen molar-refractivity contribution in [2.75, 3.05) is 13.2 Å². The van der Waals surface area contributed by atoms with E-state index >= 15 is 0 Å². The zero-order valence-electron chi connectivity index (χ0n) is 32.3. The Morgan fingerprint density at radius 3 is 1.56 bits per heavy atom. The average Bonchev–Trinajstić information content (AvgIpc) is 3.11. The Hall–Kier alpha value is -0.940. The Morgan fingerprint density at radius 2 is 1.12 bits per heavy atom. The average molecular weight is 770 g/mol. The first-order valence-corrected chi connectivity index (χ1v) is 21.9. The van der Waals surface area contributed by atoms with Gasteiger partial charge in [0.25, 0.3) is 0 Å². The number of ether oxygens (including phenoxy) is 2. The molecule has 0 aromatic heterocycles. The van der Waals surface area contributed by atoms with Crippen molar-refractivity contribution in [3.05, 3.63) is 0 Å². The van der Waals surface area contributed by atoms with Gasteiger partial charge in [-0.05, 0) is 12.8 Å². The molecule has 0 aromatic carbocycles. The molecule has 7 N–H and O–H groups in total. The molecular weight excluding hydrogens is 694 g/mol. The van der Waals surface area contributed by atoms with Crippen LogP contribution in [0.25, 0.3) is 0 Å². The summed E-state index contributed by atoms with van der Waals surface area (Å²) in [5.41, 5.74) is 0. The van der Waals surface area contributed by atoms with Crippen LogP contribution in [-0.2, 0) is 28.9 Å². The summed E-state index contributed by atoms with van der Waals surface area (Å²) in [7, 11) is -5.09. The summed E-state index contributed by atoms with van der Waals surface area (Å²) in [5.74, 6) is -0.678. The van der Waals surface area contributed by atoms with Gasteiger partial charge in [0.15, 0.2) is 6.29 Å². The second-order valence-corrected chi connectivity index (χ2v) is 15.8. The van der Waals surface area contributed by atoms with Crippen LogP contribution < -0.4 is 5.32 Å². The Kier molecular flexibility index (Phi) is 28.6. The highest BCUT2D eigenvalue weighted by atomic mass is 32.3. The van der Waals surface area contributed by atoms with Gasteiger partial charge in [0.1, 0.15) is 30.5 Å². The molecule has 8 atom stereocenters. The number of amides is 1. The maximum Gasteiger partial charge on any atom is 0.397 e. The van der Waals surface area contributed by atoms with Gasteiger partial charge in [-0.1, -0.05) is 162 Å². The van der Waals surface area contributed by atoms with Gasteiger partial charge in [0.05, 0.1) is 25.4 Å². The van der Waals surface area contributed by atoms with E-state index in [4.69, 9.17) is 14.0 Å². The van der Waals surface area contributed by atoms with E-state index in [0.717, 1.165) is 32.1 Å². The minimum Gasteiger partial charge on any atom is -0.394 e. The lowest BCUT2D eigenvalue weighted by Gasteiger charge is -2.41. The van der Waals surface area contributed by atoms with E-state index in [-0.39, 0.29) is 6.42 Å². The van der Waals surface area contributed by atoms with Crippen molar-refractivity contribution >= 4 is 16.3 Å². The molecule has 0 radical (unpaired) electrons. The van der Waals surface area contributed by atoms with Crippen LogP contribution in [0.4, 0.5) is 0 Å². The number of rotatable bonds is 34. The Morgan fingerprint density at radius 1 is 0.692 bits per heavy atom. The van der Waals surface area contributed by atoms with Crippen LogP contribution in [0.1, 0.15) is 174 Å². The van der Waals surface area contributed by atoms with Crippen LogP contribution in [-0.4, -0.2) is 107 Å². The maximum atomic E-state index is 12.9. The lowest BCUT2D eigenvalue weighted by Crippen LogP contribution is -2.61. The van der Waals surface area contributed by atoms with Gasteiger partial charge < -0.3 is 40.3 Å². The third kappa shape index (κ3) is 23.1. The molecule has 0 aromatic rings. The van der Waals surface area contributed by atoms with E-state index in [9.17, 15) is 38.7 Å². The molecule has 8 unspecified atom stereocenters.